The van der Waals surface area contributed by atoms with Gasteiger partial charge in [-0.15, -0.1) is 11.3 Å². The van der Waals surface area contributed by atoms with Gasteiger partial charge in [0, 0.05) is 31.2 Å². The minimum atomic E-state index is 0.259. The number of hydrogen-bond donors (Lipinski definition) is 2. The van der Waals surface area contributed by atoms with Gasteiger partial charge in [-0.25, -0.2) is 0 Å². The Morgan fingerprint density at radius 3 is 2.88 bits per heavy atom. The second-order valence-electron chi connectivity index (χ2n) is 4.50. The Bertz CT molecular complexity index is 294. The summed E-state index contributed by atoms with van der Waals surface area (Å²) in [5, 5.41) is 5.64. The third-order valence-electron chi connectivity index (χ3n) is 3.37. The SMILES string of the molecule is NCC1(CNCc2cccs2)CCOCC1. The molecule has 0 amide bonds. The third-order valence-corrected chi connectivity index (χ3v) is 4.24. The molecule has 0 bridgehead atoms. The fourth-order valence-electron chi connectivity index (χ4n) is 2.12. The number of nitrogens with two attached hydrogens (primary N) is 1. The van der Waals surface area contributed by atoms with Crippen LogP contribution in [0.3, 0.4) is 0 Å². The van der Waals surface area contributed by atoms with E-state index in [9.17, 15) is 0 Å². The van der Waals surface area contributed by atoms with Crippen LogP contribution in [-0.2, 0) is 11.3 Å². The summed E-state index contributed by atoms with van der Waals surface area (Å²) in [5.74, 6) is 0. The summed E-state index contributed by atoms with van der Waals surface area (Å²) in [7, 11) is 0. The molecule has 90 valence electrons. The normalized spacial score (nSPS) is 19.8. The molecular formula is C12H20N2OS. The zero-order valence-electron chi connectivity index (χ0n) is 9.58. The first-order chi connectivity index (χ1) is 7.85. The Morgan fingerprint density at radius 1 is 1.44 bits per heavy atom. The van der Waals surface area contributed by atoms with Gasteiger partial charge in [0.25, 0.3) is 0 Å². The molecule has 3 N–H and O–H groups in total. The monoisotopic (exact) mass is 240 g/mol. The molecule has 2 rings (SSSR count). The molecule has 1 fully saturated rings. The van der Waals surface area contributed by atoms with E-state index < -0.39 is 0 Å². The van der Waals surface area contributed by atoms with Crippen LogP contribution in [0, 0.1) is 5.41 Å². The maximum Gasteiger partial charge on any atom is 0.0472 e. The second-order valence-corrected chi connectivity index (χ2v) is 5.53. The van der Waals surface area contributed by atoms with E-state index >= 15 is 0 Å². The highest BCUT2D eigenvalue weighted by Crippen LogP contribution is 2.28. The molecule has 0 unspecified atom stereocenters. The largest absolute Gasteiger partial charge is 0.381 e. The zero-order chi connectivity index (χ0) is 11.3. The molecule has 3 nitrogen and oxygen atoms in total. The Labute approximate surface area is 101 Å². The van der Waals surface area contributed by atoms with Crippen molar-refractivity contribution in [2.45, 2.75) is 19.4 Å². The summed E-state index contributed by atoms with van der Waals surface area (Å²) in [6, 6.07) is 4.26. The summed E-state index contributed by atoms with van der Waals surface area (Å²) in [5.41, 5.74) is 6.16. The summed E-state index contributed by atoms with van der Waals surface area (Å²) in [6.07, 6.45) is 2.17. The molecule has 0 aliphatic carbocycles. The van der Waals surface area contributed by atoms with Crippen molar-refractivity contribution < 1.29 is 4.74 Å². The van der Waals surface area contributed by atoms with Gasteiger partial charge in [0.1, 0.15) is 0 Å². The van der Waals surface area contributed by atoms with Crippen molar-refractivity contribution in [3.63, 3.8) is 0 Å². The fraction of sp³-hybridized carbons (Fsp3) is 0.667. The van der Waals surface area contributed by atoms with Crippen molar-refractivity contribution in [1.82, 2.24) is 5.32 Å². The smallest absolute Gasteiger partial charge is 0.0472 e. The van der Waals surface area contributed by atoms with Crippen LogP contribution >= 0.6 is 11.3 Å². The van der Waals surface area contributed by atoms with Gasteiger partial charge in [-0.1, -0.05) is 6.07 Å². The van der Waals surface area contributed by atoms with Gasteiger partial charge in [-0.05, 0) is 36.2 Å². The number of rotatable bonds is 5. The highest BCUT2D eigenvalue weighted by Gasteiger charge is 2.30. The number of hydrogen-bond acceptors (Lipinski definition) is 4. The van der Waals surface area contributed by atoms with Crippen molar-refractivity contribution in [2.24, 2.45) is 11.1 Å². The van der Waals surface area contributed by atoms with Crippen molar-refractivity contribution in [3.05, 3.63) is 22.4 Å². The highest BCUT2D eigenvalue weighted by atomic mass is 32.1. The van der Waals surface area contributed by atoms with Crippen LogP contribution in [-0.4, -0.2) is 26.3 Å². The standard InChI is InChI=1S/C12H20N2OS/c13-9-12(3-5-15-6-4-12)10-14-8-11-2-1-7-16-11/h1-2,7,14H,3-6,8-10,13H2. The van der Waals surface area contributed by atoms with Crippen LogP contribution in [0.2, 0.25) is 0 Å². The van der Waals surface area contributed by atoms with E-state index in [-0.39, 0.29) is 5.41 Å². The molecule has 0 saturated carbocycles. The lowest BCUT2D eigenvalue weighted by molar-refractivity contribution is 0.0191. The molecule has 0 aromatic carbocycles. The van der Waals surface area contributed by atoms with Crippen LogP contribution in [0.15, 0.2) is 17.5 Å². The molecule has 1 saturated heterocycles. The van der Waals surface area contributed by atoms with E-state index in [1.54, 1.807) is 11.3 Å². The van der Waals surface area contributed by atoms with E-state index in [1.807, 2.05) is 0 Å². The first-order valence-electron chi connectivity index (χ1n) is 5.86. The lowest BCUT2D eigenvalue weighted by atomic mass is 9.80. The van der Waals surface area contributed by atoms with Gasteiger partial charge in [0.05, 0.1) is 0 Å². The first kappa shape index (κ1) is 12.0. The average Bonchev–Trinajstić information content (AvgIpc) is 2.83. The van der Waals surface area contributed by atoms with Gasteiger partial charge in [-0.3, -0.25) is 0 Å². The second kappa shape index (κ2) is 5.77. The van der Waals surface area contributed by atoms with Gasteiger partial charge in [0.15, 0.2) is 0 Å². The molecule has 1 aromatic heterocycles. The van der Waals surface area contributed by atoms with Gasteiger partial charge >= 0.3 is 0 Å². The Kier molecular flexibility index (Phi) is 4.35. The van der Waals surface area contributed by atoms with Gasteiger partial charge < -0.3 is 15.8 Å². The Balaban J connectivity index is 1.78. The Hall–Kier alpha value is -0.420. The molecule has 0 atom stereocenters. The van der Waals surface area contributed by atoms with Crippen LogP contribution < -0.4 is 11.1 Å². The highest BCUT2D eigenvalue weighted by molar-refractivity contribution is 7.09. The van der Waals surface area contributed by atoms with Crippen molar-refractivity contribution in [3.8, 4) is 0 Å². The van der Waals surface area contributed by atoms with Crippen LogP contribution in [0.4, 0.5) is 0 Å². The Morgan fingerprint density at radius 2 is 2.25 bits per heavy atom. The van der Waals surface area contributed by atoms with Crippen molar-refractivity contribution >= 4 is 11.3 Å². The molecule has 1 aliphatic heterocycles. The molecule has 1 aliphatic rings. The number of ether oxygens (including phenoxy) is 1. The molecule has 4 heteroatoms. The molecular weight excluding hydrogens is 220 g/mol. The maximum atomic E-state index is 5.90. The molecule has 2 heterocycles. The van der Waals surface area contributed by atoms with E-state index in [1.165, 1.54) is 4.88 Å². The van der Waals surface area contributed by atoms with Gasteiger partial charge in [0.2, 0.25) is 0 Å². The maximum absolute atomic E-state index is 5.90. The predicted octanol–water partition coefficient (Wildman–Crippen LogP) is 1.59. The van der Waals surface area contributed by atoms with E-state index in [0.29, 0.717) is 0 Å². The summed E-state index contributed by atoms with van der Waals surface area (Å²) in [6.45, 7) is 4.44. The average molecular weight is 240 g/mol. The van der Waals surface area contributed by atoms with Crippen LogP contribution in [0.5, 0.6) is 0 Å². The number of thiophene rings is 1. The first-order valence-corrected chi connectivity index (χ1v) is 6.74. The molecule has 16 heavy (non-hydrogen) atoms. The van der Waals surface area contributed by atoms with Crippen molar-refractivity contribution in [1.29, 1.82) is 0 Å². The minimum absolute atomic E-state index is 0.259. The number of nitrogens with one attached hydrogen (secondary N) is 1. The van der Waals surface area contributed by atoms with Gasteiger partial charge in [-0.2, -0.15) is 0 Å². The summed E-state index contributed by atoms with van der Waals surface area (Å²) < 4.78 is 5.40. The molecule has 1 aromatic rings. The van der Waals surface area contributed by atoms with E-state index in [2.05, 4.69) is 22.8 Å². The van der Waals surface area contributed by atoms with Crippen LogP contribution in [0.25, 0.3) is 0 Å². The van der Waals surface area contributed by atoms with E-state index in [0.717, 1.165) is 45.7 Å². The van der Waals surface area contributed by atoms with E-state index in [4.69, 9.17) is 10.5 Å². The summed E-state index contributed by atoms with van der Waals surface area (Å²) in [4.78, 5) is 1.39. The van der Waals surface area contributed by atoms with Crippen LogP contribution in [0.1, 0.15) is 17.7 Å². The lowest BCUT2D eigenvalue weighted by Crippen LogP contribution is -2.44. The zero-order valence-corrected chi connectivity index (χ0v) is 10.4. The predicted molar refractivity (Wildman–Crippen MR) is 67.6 cm³/mol. The quantitative estimate of drug-likeness (QED) is 0.821. The van der Waals surface area contributed by atoms with Crippen molar-refractivity contribution in [2.75, 3.05) is 26.3 Å². The topological polar surface area (TPSA) is 47.3 Å². The summed E-state index contributed by atoms with van der Waals surface area (Å²) >= 11 is 1.80. The third kappa shape index (κ3) is 3.04. The fourth-order valence-corrected chi connectivity index (χ4v) is 2.80. The minimum Gasteiger partial charge on any atom is -0.381 e. The molecule has 0 radical (unpaired) electrons. The molecule has 0 spiro atoms. The lowest BCUT2D eigenvalue weighted by Gasteiger charge is -2.36.